The molecular formula is C22H26N6O. The summed E-state index contributed by atoms with van der Waals surface area (Å²) in [6.45, 7) is 7.09. The second-order valence-electron chi connectivity index (χ2n) is 7.38. The monoisotopic (exact) mass is 390 g/mol. The largest absolute Gasteiger partial charge is 0.370 e. The van der Waals surface area contributed by atoms with Gasteiger partial charge in [0.1, 0.15) is 6.33 Å². The standard InChI is InChI=1S/C22H26N6O/c1-17-13-19(24-22-23-16-28(25-22)20-7-4-3-5-8-20)15-21(14-17)27-10-6-9-26(11-12-27)18(2)29/h3-5,7-8,13-16H,6,9-12H2,1-2H3,(H,24,25). The summed E-state index contributed by atoms with van der Waals surface area (Å²) >= 11 is 0. The van der Waals surface area contributed by atoms with E-state index in [-0.39, 0.29) is 5.91 Å². The lowest BCUT2D eigenvalue weighted by Gasteiger charge is -2.24. The number of rotatable bonds is 4. The number of aromatic nitrogens is 3. The van der Waals surface area contributed by atoms with E-state index in [0.717, 1.165) is 49.7 Å². The van der Waals surface area contributed by atoms with E-state index in [1.54, 1.807) is 17.9 Å². The van der Waals surface area contributed by atoms with Gasteiger partial charge in [-0.25, -0.2) is 4.68 Å². The van der Waals surface area contributed by atoms with Crippen molar-refractivity contribution in [3.63, 3.8) is 0 Å². The first-order valence-corrected chi connectivity index (χ1v) is 9.95. The Morgan fingerprint density at radius 3 is 2.62 bits per heavy atom. The zero-order valence-corrected chi connectivity index (χ0v) is 16.9. The Morgan fingerprint density at radius 1 is 1.00 bits per heavy atom. The second kappa shape index (κ2) is 8.34. The summed E-state index contributed by atoms with van der Waals surface area (Å²) < 4.78 is 1.75. The highest BCUT2D eigenvalue weighted by Crippen LogP contribution is 2.25. The molecule has 0 aliphatic carbocycles. The molecule has 7 heteroatoms. The van der Waals surface area contributed by atoms with Crippen molar-refractivity contribution in [2.24, 2.45) is 0 Å². The van der Waals surface area contributed by atoms with Crippen LogP contribution in [0.1, 0.15) is 18.9 Å². The van der Waals surface area contributed by atoms with Gasteiger partial charge in [-0.15, -0.1) is 5.10 Å². The quantitative estimate of drug-likeness (QED) is 0.740. The Hall–Kier alpha value is -3.35. The van der Waals surface area contributed by atoms with E-state index < -0.39 is 0 Å². The van der Waals surface area contributed by atoms with Crippen molar-refractivity contribution in [3.8, 4) is 5.69 Å². The number of hydrogen-bond donors (Lipinski definition) is 1. The van der Waals surface area contributed by atoms with Crippen LogP contribution >= 0.6 is 0 Å². The Labute approximate surface area is 171 Å². The molecule has 0 atom stereocenters. The molecule has 1 N–H and O–H groups in total. The van der Waals surface area contributed by atoms with Gasteiger partial charge in [-0.05, 0) is 49.2 Å². The molecule has 1 aliphatic rings. The number of nitrogens with zero attached hydrogens (tertiary/aromatic N) is 5. The van der Waals surface area contributed by atoms with Gasteiger partial charge in [-0.2, -0.15) is 4.98 Å². The fraction of sp³-hybridized carbons (Fsp3) is 0.318. The third kappa shape index (κ3) is 4.56. The van der Waals surface area contributed by atoms with Crippen LogP contribution in [0.2, 0.25) is 0 Å². The van der Waals surface area contributed by atoms with Gasteiger partial charge in [0.05, 0.1) is 5.69 Å². The van der Waals surface area contributed by atoms with E-state index in [4.69, 9.17) is 0 Å². The second-order valence-corrected chi connectivity index (χ2v) is 7.38. The van der Waals surface area contributed by atoms with Crippen LogP contribution in [0.5, 0.6) is 0 Å². The fourth-order valence-corrected chi connectivity index (χ4v) is 3.66. The predicted molar refractivity (Wildman–Crippen MR) is 115 cm³/mol. The van der Waals surface area contributed by atoms with E-state index in [2.05, 4.69) is 45.4 Å². The van der Waals surface area contributed by atoms with Gasteiger partial charge >= 0.3 is 0 Å². The number of benzene rings is 2. The molecule has 0 radical (unpaired) electrons. The zero-order valence-electron chi connectivity index (χ0n) is 16.9. The number of anilines is 3. The maximum Gasteiger partial charge on any atom is 0.246 e. The summed E-state index contributed by atoms with van der Waals surface area (Å²) in [5, 5.41) is 7.85. The Balaban J connectivity index is 1.50. The minimum atomic E-state index is 0.151. The molecule has 150 valence electrons. The van der Waals surface area contributed by atoms with Gasteiger partial charge in [0, 0.05) is 44.5 Å². The molecule has 1 fully saturated rings. The molecule has 0 saturated carbocycles. The maximum atomic E-state index is 11.7. The molecule has 2 aromatic carbocycles. The molecule has 2 heterocycles. The average Bonchev–Trinajstić information content (AvgIpc) is 3.02. The van der Waals surface area contributed by atoms with Crippen molar-refractivity contribution in [3.05, 3.63) is 60.4 Å². The molecule has 3 aromatic rings. The summed E-state index contributed by atoms with van der Waals surface area (Å²) in [6.07, 6.45) is 2.68. The molecule has 0 spiro atoms. The Bertz CT molecular complexity index is 984. The lowest BCUT2D eigenvalue weighted by Crippen LogP contribution is -2.33. The van der Waals surface area contributed by atoms with Gasteiger partial charge in [-0.3, -0.25) is 4.79 Å². The van der Waals surface area contributed by atoms with Crippen LogP contribution in [0.3, 0.4) is 0 Å². The van der Waals surface area contributed by atoms with Crippen molar-refractivity contribution in [2.45, 2.75) is 20.3 Å². The number of hydrogen-bond acceptors (Lipinski definition) is 5. The first kappa shape index (κ1) is 19.0. The van der Waals surface area contributed by atoms with Crippen LogP contribution in [0.15, 0.2) is 54.9 Å². The van der Waals surface area contributed by atoms with Crippen LogP contribution in [0.25, 0.3) is 5.69 Å². The summed E-state index contributed by atoms with van der Waals surface area (Å²) in [4.78, 5) is 20.3. The van der Waals surface area contributed by atoms with E-state index in [9.17, 15) is 4.79 Å². The van der Waals surface area contributed by atoms with E-state index in [1.165, 1.54) is 5.56 Å². The molecule has 0 bridgehead atoms. The van der Waals surface area contributed by atoms with Gasteiger partial charge < -0.3 is 15.1 Å². The van der Waals surface area contributed by atoms with Crippen LogP contribution in [0, 0.1) is 6.92 Å². The summed E-state index contributed by atoms with van der Waals surface area (Å²) in [5.74, 6) is 0.711. The van der Waals surface area contributed by atoms with Gasteiger partial charge in [0.25, 0.3) is 0 Å². The summed E-state index contributed by atoms with van der Waals surface area (Å²) in [5.41, 5.74) is 4.25. The molecule has 1 amide bonds. The SMILES string of the molecule is CC(=O)N1CCCN(c2cc(C)cc(Nc3ncn(-c4ccccc4)n3)c2)CC1. The van der Waals surface area contributed by atoms with Crippen LogP contribution in [0.4, 0.5) is 17.3 Å². The lowest BCUT2D eigenvalue weighted by atomic mass is 10.1. The van der Waals surface area contributed by atoms with Crippen molar-refractivity contribution < 1.29 is 4.79 Å². The van der Waals surface area contributed by atoms with Crippen LogP contribution < -0.4 is 10.2 Å². The third-order valence-electron chi connectivity index (χ3n) is 5.14. The minimum Gasteiger partial charge on any atom is -0.370 e. The summed E-state index contributed by atoms with van der Waals surface area (Å²) in [7, 11) is 0. The van der Waals surface area contributed by atoms with Crippen LogP contribution in [-0.2, 0) is 4.79 Å². The van der Waals surface area contributed by atoms with E-state index in [1.807, 2.05) is 35.2 Å². The van der Waals surface area contributed by atoms with Crippen LogP contribution in [-0.4, -0.2) is 51.8 Å². The highest BCUT2D eigenvalue weighted by Gasteiger charge is 2.17. The first-order valence-electron chi connectivity index (χ1n) is 9.95. The Morgan fingerprint density at radius 2 is 1.83 bits per heavy atom. The van der Waals surface area contributed by atoms with Crippen molar-refractivity contribution in [2.75, 3.05) is 36.4 Å². The highest BCUT2D eigenvalue weighted by molar-refractivity contribution is 5.73. The normalized spacial score (nSPS) is 14.6. The number of amides is 1. The average molecular weight is 390 g/mol. The topological polar surface area (TPSA) is 66.3 Å². The van der Waals surface area contributed by atoms with E-state index >= 15 is 0 Å². The predicted octanol–water partition coefficient (Wildman–Crippen LogP) is 3.38. The maximum absolute atomic E-state index is 11.7. The fourth-order valence-electron chi connectivity index (χ4n) is 3.66. The molecule has 1 aliphatic heterocycles. The number of carbonyl (C=O) groups excluding carboxylic acids is 1. The minimum absolute atomic E-state index is 0.151. The number of carbonyl (C=O) groups is 1. The molecular weight excluding hydrogens is 364 g/mol. The van der Waals surface area contributed by atoms with Gasteiger partial charge in [0.15, 0.2) is 0 Å². The summed E-state index contributed by atoms with van der Waals surface area (Å²) in [6, 6.07) is 16.3. The lowest BCUT2D eigenvalue weighted by molar-refractivity contribution is -0.128. The zero-order chi connectivity index (χ0) is 20.2. The van der Waals surface area contributed by atoms with E-state index in [0.29, 0.717) is 5.95 Å². The van der Waals surface area contributed by atoms with Gasteiger partial charge in [-0.1, -0.05) is 18.2 Å². The first-order chi connectivity index (χ1) is 14.1. The molecule has 0 unspecified atom stereocenters. The number of para-hydroxylation sites is 1. The molecule has 1 aromatic heterocycles. The molecule has 4 rings (SSSR count). The molecule has 29 heavy (non-hydrogen) atoms. The smallest absolute Gasteiger partial charge is 0.246 e. The highest BCUT2D eigenvalue weighted by atomic mass is 16.2. The third-order valence-corrected chi connectivity index (χ3v) is 5.14. The Kier molecular flexibility index (Phi) is 5.46. The number of nitrogens with one attached hydrogen (secondary N) is 1. The molecule has 1 saturated heterocycles. The van der Waals surface area contributed by atoms with Crippen molar-refractivity contribution in [1.82, 2.24) is 19.7 Å². The number of aryl methyl sites for hydroxylation is 1. The van der Waals surface area contributed by atoms with Crippen molar-refractivity contribution in [1.29, 1.82) is 0 Å². The molecule has 7 nitrogen and oxygen atoms in total. The van der Waals surface area contributed by atoms with Gasteiger partial charge in [0.2, 0.25) is 11.9 Å². The van der Waals surface area contributed by atoms with Crippen molar-refractivity contribution >= 4 is 23.2 Å².